The van der Waals surface area contributed by atoms with Gasteiger partial charge in [-0.05, 0) is 0 Å². The van der Waals surface area contributed by atoms with E-state index in [1.807, 2.05) is 0 Å². The van der Waals surface area contributed by atoms with E-state index in [0.717, 1.165) is 0 Å². The number of carbonyl (C=O) groups is 2. The normalized spacial score (nSPS) is 9.42. The van der Waals surface area contributed by atoms with E-state index in [2.05, 4.69) is 0 Å². The molecule has 0 saturated heterocycles. The van der Waals surface area contributed by atoms with Gasteiger partial charge in [0.1, 0.15) is 6.04 Å². The Morgan fingerprint density at radius 2 is 1.67 bits per heavy atom. The molecule has 0 aromatic carbocycles. The van der Waals surface area contributed by atoms with Crippen LogP contribution in [0.15, 0.2) is 0 Å². The third-order valence-electron chi connectivity index (χ3n) is 0.712. The van der Waals surface area contributed by atoms with Crippen LogP contribution in [0.4, 0.5) is 0 Å². The third-order valence-corrected chi connectivity index (χ3v) is 0.712. The van der Waals surface area contributed by atoms with Gasteiger partial charge in [-0.25, -0.2) is 0 Å². The summed E-state index contributed by atoms with van der Waals surface area (Å²) >= 11 is 0. The molecule has 12 heavy (non-hydrogen) atoms. The van der Waals surface area contributed by atoms with Gasteiger partial charge < -0.3 is 29.8 Å². The van der Waals surface area contributed by atoms with Gasteiger partial charge in [0.25, 0.3) is 0 Å². The zero-order valence-electron chi connectivity index (χ0n) is 8.28. The van der Waals surface area contributed by atoms with Gasteiger partial charge >= 0.3 is 35.0 Å². The van der Waals surface area contributed by atoms with Gasteiger partial charge in [0.2, 0.25) is 0 Å². The van der Waals surface area contributed by atoms with Crippen LogP contribution in [0.3, 0.4) is 0 Å². The van der Waals surface area contributed by atoms with Gasteiger partial charge in [-0.1, -0.05) is 0 Å². The van der Waals surface area contributed by atoms with Gasteiger partial charge in [0.05, 0.1) is 6.42 Å². The molecule has 8 heteroatoms. The summed E-state index contributed by atoms with van der Waals surface area (Å²) < 4.78 is 0. The molecule has 0 heterocycles. The Kier molecular flexibility index (Phi) is 19.9. The predicted octanol–water partition coefficient (Wildman–Crippen LogP) is -2.93. The molecule has 0 spiro atoms. The minimum atomic E-state index is -1.29. The Balaban J connectivity index is -0.0000000320. The molecule has 0 aromatic rings. The molecular formula is C4H13MgNO6. The molecule has 0 bridgehead atoms. The van der Waals surface area contributed by atoms with E-state index in [9.17, 15) is 9.59 Å². The second-order valence-corrected chi connectivity index (χ2v) is 1.54. The molecule has 1 atom stereocenters. The van der Waals surface area contributed by atoms with Crippen molar-refractivity contribution in [1.29, 1.82) is 0 Å². The van der Waals surface area contributed by atoms with Crippen LogP contribution in [0.25, 0.3) is 0 Å². The molecule has 1 unspecified atom stereocenters. The fourth-order valence-electron chi connectivity index (χ4n) is 0.275. The maximum atomic E-state index is 9.85. The van der Waals surface area contributed by atoms with E-state index in [0.29, 0.717) is 0 Å². The average molecular weight is 195 g/mol. The Morgan fingerprint density at radius 3 is 1.75 bits per heavy atom. The second kappa shape index (κ2) is 10.6. The molecule has 0 saturated carbocycles. The van der Waals surface area contributed by atoms with E-state index >= 15 is 0 Å². The Bertz CT molecular complexity index is 148. The Morgan fingerprint density at radius 1 is 1.33 bits per heavy atom. The molecule has 0 aliphatic heterocycles. The average Bonchev–Trinajstić information content (AvgIpc) is 1.63. The molecule has 0 rings (SSSR count). The van der Waals surface area contributed by atoms with Crippen LogP contribution in [0.2, 0.25) is 0 Å². The molecule has 0 aromatic heterocycles. The van der Waals surface area contributed by atoms with Crippen molar-refractivity contribution in [2.45, 2.75) is 12.5 Å². The van der Waals surface area contributed by atoms with Gasteiger partial charge in [-0.3, -0.25) is 9.59 Å². The molecule has 72 valence electrons. The van der Waals surface area contributed by atoms with Crippen molar-refractivity contribution in [3.8, 4) is 0 Å². The van der Waals surface area contributed by atoms with Crippen molar-refractivity contribution < 1.29 is 33.6 Å². The number of hydrogen-bond donors (Lipinski definition) is 3. The summed E-state index contributed by atoms with van der Waals surface area (Å²) in [6.07, 6.45) is -0.532. The van der Waals surface area contributed by atoms with Crippen LogP contribution in [0.1, 0.15) is 9.27 Å². The smallest absolute Gasteiger partial charge is 1.00 e. The van der Waals surface area contributed by atoms with Gasteiger partial charge in [-0.15, -0.1) is 0 Å². The molecule has 0 aliphatic carbocycles. The maximum Gasteiger partial charge on any atom is 2.00 e. The summed E-state index contributed by atoms with van der Waals surface area (Å²) in [6, 6.07) is -1.29. The topological polar surface area (TPSA) is 164 Å². The van der Waals surface area contributed by atoms with Crippen molar-refractivity contribution in [1.82, 2.24) is 0 Å². The Hall–Kier alpha value is -0.414. The van der Waals surface area contributed by atoms with E-state index in [1.54, 1.807) is 0 Å². The van der Waals surface area contributed by atoms with Gasteiger partial charge in [-0.2, -0.15) is 0 Å². The summed E-state index contributed by atoms with van der Waals surface area (Å²) in [4.78, 5) is 19.6. The number of aliphatic carboxylic acids is 2. The molecule has 8 N–H and O–H groups in total. The predicted molar refractivity (Wildman–Crippen MR) is 43.1 cm³/mol. The molecule has 0 amide bonds. The molecular weight excluding hydrogens is 182 g/mol. The first kappa shape index (κ1) is 22.6. The largest absolute Gasteiger partial charge is 2.00 e. The van der Waals surface area contributed by atoms with Crippen LogP contribution < -0.4 is 5.73 Å². The van der Waals surface area contributed by atoms with Crippen LogP contribution in [-0.2, 0) is 9.59 Å². The Labute approximate surface area is 87.3 Å². The van der Waals surface area contributed by atoms with Crippen molar-refractivity contribution in [3.63, 3.8) is 0 Å². The van der Waals surface area contributed by atoms with Crippen LogP contribution in [-0.4, -0.2) is 62.2 Å². The van der Waals surface area contributed by atoms with Crippen molar-refractivity contribution in [3.05, 3.63) is 0 Å². The summed E-state index contributed by atoms with van der Waals surface area (Å²) in [7, 11) is 0. The van der Waals surface area contributed by atoms with Crippen molar-refractivity contribution >= 4 is 35.0 Å². The molecule has 7 nitrogen and oxygen atoms in total. The van der Waals surface area contributed by atoms with Crippen LogP contribution in [0, 0.1) is 0 Å². The first-order valence-electron chi connectivity index (χ1n) is 2.24. The van der Waals surface area contributed by atoms with E-state index < -0.39 is 24.4 Å². The first-order chi connectivity index (χ1) is 4.04. The first-order valence-corrected chi connectivity index (χ1v) is 2.24. The second-order valence-electron chi connectivity index (χ2n) is 1.54. The fourth-order valence-corrected chi connectivity index (χ4v) is 0.275. The molecule has 0 radical (unpaired) electrons. The standard InChI is InChI=1S/C4H7NO4.Mg.2H2O.2H/c5-2(4(8)9)1-3(6)7;;;;;/h2H,1,5H2,(H,6,7)(H,8,9);;2*1H2;;/q;+2;;;2*-1. The zero-order chi connectivity index (χ0) is 7.44. The zero-order valence-corrected chi connectivity index (χ0v) is 7.69. The molecule has 0 aliphatic rings. The van der Waals surface area contributed by atoms with E-state index in [4.69, 9.17) is 15.9 Å². The van der Waals surface area contributed by atoms with E-state index in [-0.39, 0.29) is 36.9 Å². The number of hydrogen-bond acceptors (Lipinski definition) is 3. The fraction of sp³-hybridized carbons (Fsp3) is 0.500. The van der Waals surface area contributed by atoms with Crippen LogP contribution >= 0.6 is 0 Å². The van der Waals surface area contributed by atoms with Crippen molar-refractivity contribution in [2.75, 3.05) is 0 Å². The summed E-state index contributed by atoms with van der Waals surface area (Å²) in [5, 5.41) is 16.0. The monoisotopic (exact) mass is 195 g/mol. The number of carboxylic acid groups (broad SMARTS) is 2. The van der Waals surface area contributed by atoms with E-state index in [1.165, 1.54) is 0 Å². The van der Waals surface area contributed by atoms with Crippen LogP contribution in [0.5, 0.6) is 0 Å². The SMILES string of the molecule is NC(CC(=O)O)C(=O)O.O.O.[H-].[H-].[Mg+2]. The summed E-state index contributed by atoms with van der Waals surface area (Å²) in [5.41, 5.74) is 4.84. The van der Waals surface area contributed by atoms with Gasteiger partial charge in [0.15, 0.2) is 0 Å². The quantitative estimate of drug-likeness (QED) is 0.410. The number of rotatable bonds is 3. The van der Waals surface area contributed by atoms with Crippen molar-refractivity contribution in [2.24, 2.45) is 5.73 Å². The third kappa shape index (κ3) is 12.3. The maximum absolute atomic E-state index is 9.85. The van der Waals surface area contributed by atoms with Gasteiger partial charge in [0, 0.05) is 0 Å². The number of carboxylic acids is 2. The summed E-state index contributed by atoms with van der Waals surface area (Å²) in [6.45, 7) is 0. The minimum absolute atomic E-state index is 0. The molecule has 0 fully saturated rings. The summed E-state index contributed by atoms with van der Waals surface area (Å²) in [5.74, 6) is -2.50. The minimum Gasteiger partial charge on any atom is -1.00 e. The number of nitrogens with two attached hydrogens (primary N) is 1.